The van der Waals surface area contributed by atoms with Gasteiger partial charge >= 0.3 is 0 Å². The van der Waals surface area contributed by atoms with Crippen LogP contribution in [0.4, 0.5) is 0 Å². The molecule has 5 heteroatoms. The summed E-state index contributed by atoms with van der Waals surface area (Å²) in [4.78, 5) is 2.27. The molecule has 1 fully saturated rings. The molecule has 116 valence electrons. The fourth-order valence-corrected chi connectivity index (χ4v) is 3.33. The molecule has 0 saturated heterocycles. The van der Waals surface area contributed by atoms with Crippen molar-refractivity contribution in [1.82, 2.24) is 19.7 Å². The predicted octanol–water partition coefficient (Wildman–Crippen LogP) is 1.88. The third-order valence-corrected chi connectivity index (χ3v) is 4.73. The van der Waals surface area contributed by atoms with Crippen molar-refractivity contribution in [1.29, 1.82) is 0 Å². The standard InChI is InChI=1S/C17H22N4O/c1-17(22,14-5-3-2-4-6-14)12-20-9-10-21-15(11-20)18-19-16(21)13-7-8-13/h2-6,13,22H,7-12H2,1H3/t17-/m0/s1. The Labute approximate surface area is 130 Å². The van der Waals surface area contributed by atoms with E-state index in [0.717, 1.165) is 31.0 Å². The van der Waals surface area contributed by atoms with Crippen molar-refractivity contribution in [3.8, 4) is 0 Å². The lowest BCUT2D eigenvalue weighted by Crippen LogP contribution is -2.43. The minimum atomic E-state index is -0.844. The van der Waals surface area contributed by atoms with Crippen molar-refractivity contribution in [2.45, 2.75) is 44.4 Å². The zero-order chi connectivity index (χ0) is 15.2. The molecule has 2 aliphatic rings. The predicted molar refractivity (Wildman–Crippen MR) is 83.3 cm³/mol. The first-order chi connectivity index (χ1) is 10.6. The Bertz CT molecular complexity index is 661. The molecule has 5 nitrogen and oxygen atoms in total. The molecule has 0 radical (unpaired) electrons. The van der Waals surface area contributed by atoms with Crippen LogP contribution >= 0.6 is 0 Å². The number of β-amino-alcohol motifs (C(OH)–C–C–N with tert-alkyl or cyclic N) is 1. The second-order valence-electron chi connectivity index (χ2n) is 6.75. The van der Waals surface area contributed by atoms with Crippen LogP contribution in [0.2, 0.25) is 0 Å². The lowest BCUT2D eigenvalue weighted by Gasteiger charge is -2.34. The zero-order valence-corrected chi connectivity index (χ0v) is 12.9. The van der Waals surface area contributed by atoms with Crippen LogP contribution < -0.4 is 0 Å². The van der Waals surface area contributed by atoms with E-state index in [4.69, 9.17) is 0 Å². The van der Waals surface area contributed by atoms with Gasteiger partial charge in [-0.05, 0) is 25.3 Å². The number of nitrogens with zero attached hydrogens (tertiary/aromatic N) is 4. The fourth-order valence-electron chi connectivity index (χ4n) is 3.33. The van der Waals surface area contributed by atoms with E-state index in [-0.39, 0.29) is 0 Å². The van der Waals surface area contributed by atoms with E-state index in [1.807, 2.05) is 37.3 Å². The van der Waals surface area contributed by atoms with Crippen LogP contribution in [0.3, 0.4) is 0 Å². The average Bonchev–Trinajstić information content (AvgIpc) is 3.28. The fraction of sp³-hybridized carbons (Fsp3) is 0.529. The van der Waals surface area contributed by atoms with Gasteiger partial charge in [0.05, 0.1) is 12.1 Å². The highest BCUT2D eigenvalue weighted by molar-refractivity contribution is 5.22. The molecule has 1 aromatic heterocycles. The van der Waals surface area contributed by atoms with Crippen LogP contribution in [0.1, 0.15) is 42.9 Å². The van der Waals surface area contributed by atoms with E-state index in [1.54, 1.807) is 0 Å². The van der Waals surface area contributed by atoms with Gasteiger partial charge in [-0.2, -0.15) is 0 Å². The molecular formula is C17H22N4O. The molecule has 1 aromatic carbocycles. The normalized spacial score (nSPS) is 21.4. The molecule has 4 rings (SSSR count). The summed E-state index contributed by atoms with van der Waals surface area (Å²) in [7, 11) is 0. The van der Waals surface area contributed by atoms with Gasteiger partial charge in [-0.25, -0.2) is 0 Å². The number of hydrogen-bond acceptors (Lipinski definition) is 4. The molecule has 1 aliphatic heterocycles. The Morgan fingerprint density at radius 2 is 1.95 bits per heavy atom. The third kappa shape index (κ3) is 2.55. The summed E-state index contributed by atoms with van der Waals surface area (Å²) in [6.45, 7) is 5.13. The smallest absolute Gasteiger partial charge is 0.147 e. The second kappa shape index (κ2) is 5.18. The SMILES string of the molecule is C[C@](O)(CN1CCn2c(nnc2C2CC2)C1)c1ccccc1. The maximum absolute atomic E-state index is 10.8. The van der Waals surface area contributed by atoms with E-state index < -0.39 is 5.60 Å². The van der Waals surface area contributed by atoms with Crippen molar-refractivity contribution in [2.24, 2.45) is 0 Å². The summed E-state index contributed by atoms with van der Waals surface area (Å²) < 4.78 is 2.28. The first-order valence-electron chi connectivity index (χ1n) is 8.06. The summed E-state index contributed by atoms with van der Waals surface area (Å²) in [6.07, 6.45) is 2.51. The number of rotatable bonds is 4. The summed E-state index contributed by atoms with van der Waals surface area (Å²) in [6, 6.07) is 9.88. The van der Waals surface area contributed by atoms with Crippen LogP contribution in [-0.2, 0) is 18.7 Å². The van der Waals surface area contributed by atoms with Gasteiger partial charge in [-0.15, -0.1) is 10.2 Å². The average molecular weight is 298 g/mol. The highest BCUT2D eigenvalue weighted by atomic mass is 16.3. The summed E-state index contributed by atoms with van der Waals surface area (Å²) in [5.74, 6) is 2.85. The van der Waals surface area contributed by atoms with Gasteiger partial charge in [0, 0.05) is 25.6 Å². The lowest BCUT2D eigenvalue weighted by atomic mass is 9.95. The Balaban J connectivity index is 1.48. The zero-order valence-electron chi connectivity index (χ0n) is 12.9. The molecule has 1 saturated carbocycles. The van der Waals surface area contributed by atoms with E-state index >= 15 is 0 Å². The summed E-state index contributed by atoms with van der Waals surface area (Å²) >= 11 is 0. The van der Waals surface area contributed by atoms with Gasteiger partial charge in [0.2, 0.25) is 0 Å². The van der Waals surface area contributed by atoms with Crippen LogP contribution in [-0.4, -0.2) is 37.9 Å². The van der Waals surface area contributed by atoms with Crippen molar-refractivity contribution >= 4 is 0 Å². The monoisotopic (exact) mass is 298 g/mol. The quantitative estimate of drug-likeness (QED) is 0.936. The largest absolute Gasteiger partial charge is 0.384 e. The van der Waals surface area contributed by atoms with Crippen LogP contribution in [0.15, 0.2) is 30.3 Å². The van der Waals surface area contributed by atoms with Crippen molar-refractivity contribution < 1.29 is 5.11 Å². The number of aliphatic hydroxyl groups is 1. The maximum atomic E-state index is 10.8. The van der Waals surface area contributed by atoms with E-state index in [2.05, 4.69) is 19.7 Å². The number of benzene rings is 1. The highest BCUT2D eigenvalue weighted by Crippen LogP contribution is 2.39. The van der Waals surface area contributed by atoms with Crippen LogP contribution in [0, 0.1) is 0 Å². The van der Waals surface area contributed by atoms with E-state index in [1.165, 1.54) is 18.7 Å². The molecule has 0 spiro atoms. The number of fused-ring (bicyclic) bond motifs is 1. The molecule has 2 aromatic rings. The molecule has 1 aliphatic carbocycles. The van der Waals surface area contributed by atoms with E-state index in [0.29, 0.717) is 12.5 Å². The molecule has 0 bridgehead atoms. The van der Waals surface area contributed by atoms with Crippen LogP contribution in [0.5, 0.6) is 0 Å². The molecule has 1 N–H and O–H groups in total. The third-order valence-electron chi connectivity index (χ3n) is 4.73. The van der Waals surface area contributed by atoms with Gasteiger partial charge < -0.3 is 9.67 Å². The lowest BCUT2D eigenvalue weighted by molar-refractivity contribution is 0.00730. The molecule has 2 heterocycles. The first kappa shape index (κ1) is 13.9. The van der Waals surface area contributed by atoms with Gasteiger partial charge in [0.25, 0.3) is 0 Å². The molecule has 22 heavy (non-hydrogen) atoms. The maximum Gasteiger partial charge on any atom is 0.147 e. The van der Waals surface area contributed by atoms with Crippen molar-refractivity contribution in [3.05, 3.63) is 47.5 Å². The van der Waals surface area contributed by atoms with Gasteiger partial charge in [-0.3, -0.25) is 4.90 Å². The van der Waals surface area contributed by atoms with Crippen molar-refractivity contribution in [3.63, 3.8) is 0 Å². The van der Waals surface area contributed by atoms with Crippen LogP contribution in [0.25, 0.3) is 0 Å². The second-order valence-corrected chi connectivity index (χ2v) is 6.75. The Hall–Kier alpha value is -1.72. The van der Waals surface area contributed by atoms with Gasteiger partial charge in [0.15, 0.2) is 0 Å². The minimum Gasteiger partial charge on any atom is -0.384 e. The molecule has 0 unspecified atom stereocenters. The minimum absolute atomic E-state index is 0.614. The Kier molecular flexibility index (Phi) is 3.27. The molecule has 0 amide bonds. The molecular weight excluding hydrogens is 276 g/mol. The highest BCUT2D eigenvalue weighted by Gasteiger charge is 2.33. The van der Waals surface area contributed by atoms with Crippen molar-refractivity contribution in [2.75, 3.05) is 13.1 Å². The molecule has 1 atom stereocenters. The Morgan fingerprint density at radius 1 is 1.18 bits per heavy atom. The number of aromatic nitrogens is 3. The van der Waals surface area contributed by atoms with Gasteiger partial charge in [0.1, 0.15) is 11.6 Å². The van der Waals surface area contributed by atoms with E-state index in [9.17, 15) is 5.11 Å². The summed E-state index contributed by atoms with van der Waals surface area (Å²) in [5, 5.41) is 19.5. The summed E-state index contributed by atoms with van der Waals surface area (Å²) in [5.41, 5.74) is 0.115. The van der Waals surface area contributed by atoms with Gasteiger partial charge in [-0.1, -0.05) is 30.3 Å². The Morgan fingerprint density at radius 3 is 2.68 bits per heavy atom. The number of hydrogen-bond donors (Lipinski definition) is 1. The first-order valence-corrected chi connectivity index (χ1v) is 8.06. The topological polar surface area (TPSA) is 54.2 Å².